The van der Waals surface area contributed by atoms with Crippen molar-refractivity contribution in [2.75, 3.05) is 26.7 Å². The third-order valence-corrected chi connectivity index (χ3v) is 3.39. The lowest BCUT2D eigenvalue weighted by Gasteiger charge is -2.41. The number of piperazine rings is 1. The molecule has 1 fully saturated rings. The van der Waals surface area contributed by atoms with Crippen molar-refractivity contribution in [2.45, 2.75) is 65.2 Å². The van der Waals surface area contributed by atoms with Crippen LogP contribution < -0.4 is 0 Å². The smallest absolute Gasteiger partial charge is 0.410 e. The van der Waals surface area contributed by atoms with E-state index in [2.05, 4.69) is 0 Å². The molecule has 25 heavy (non-hydrogen) atoms. The van der Waals surface area contributed by atoms with Crippen LogP contribution in [0.15, 0.2) is 0 Å². The molecule has 144 valence electrons. The lowest BCUT2D eigenvalue weighted by atomic mass is 10.1. The van der Waals surface area contributed by atoms with E-state index in [9.17, 15) is 14.4 Å². The second-order valence-corrected chi connectivity index (χ2v) is 8.03. The van der Waals surface area contributed by atoms with Crippen LogP contribution in [0.3, 0.4) is 0 Å². The summed E-state index contributed by atoms with van der Waals surface area (Å²) >= 11 is 0. The van der Waals surface area contributed by atoms with Crippen molar-refractivity contribution in [1.29, 1.82) is 0 Å². The van der Waals surface area contributed by atoms with Gasteiger partial charge in [-0.1, -0.05) is 0 Å². The van der Waals surface area contributed by atoms with Gasteiger partial charge in [-0.2, -0.15) is 0 Å². The first kappa shape index (κ1) is 21.1. The number of hydrogen-bond donors (Lipinski definition) is 0. The first-order valence-electron chi connectivity index (χ1n) is 8.37. The average Bonchev–Trinajstić information content (AvgIpc) is 2.43. The van der Waals surface area contributed by atoms with Crippen LogP contribution in [0.4, 0.5) is 9.59 Å². The minimum atomic E-state index is -0.644. The molecule has 1 rings (SSSR count). The fourth-order valence-corrected chi connectivity index (χ4v) is 2.36. The number of methoxy groups -OCH3 is 1. The molecule has 0 spiro atoms. The van der Waals surface area contributed by atoms with Gasteiger partial charge in [0.15, 0.2) is 0 Å². The first-order valence-corrected chi connectivity index (χ1v) is 8.37. The van der Waals surface area contributed by atoms with Crippen molar-refractivity contribution in [1.82, 2.24) is 9.80 Å². The summed E-state index contributed by atoms with van der Waals surface area (Å²) in [6.45, 7) is 11.4. The second kappa shape index (κ2) is 7.93. The summed E-state index contributed by atoms with van der Waals surface area (Å²) in [5, 5.41) is 0. The Labute approximate surface area is 149 Å². The number of ether oxygens (including phenoxy) is 3. The summed E-state index contributed by atoms with van der Waals surface area (Å²) in [4.78, 5) is 39.4. The molecular weight excluding hydrogens is 328 g/mol. The number of nitrogens with zero attached hydrogens (tertiary/aromatic N) is 2. The van der Waals surface area contributed by atoms with Crippen LogP contribution in [0.2, 0.25) is 0 Å². The van der Waals surface area contributed by atoms with Crippen molar-refractivity contribution in [2.24, 2.45) is 0 Å². The van der Waals surface area contributed by atoms with Crippen LogP contribution in [0, 0.1) is 0 Å². The number of hydrogen-bond acceptors (Lipinski definition) is 6. The molecule has 8 heteroatoms. The first-order chi connectivity index (χ1) is 11.3. The summed E-state index contributed by atoms with van der Waals surface area (Å²) in [5.74, 6) is -0.454. The zero-order valence-electron chi connectivity index (χ0n) is 16.2. The molecule has 1 saturated heterocycles. The van der Waals surface area contributed by atoms with Crippen molar-refractivity contribution in [3.63, 3.8) is 0 Å². The van der Waals surface area contributed by atoms with Gasteiger partial charge in [0.25, 0.3) is 0 Å². The summed E-state index contributed by atoms with van der Waals surface area (Å²) in [7, 11) is 1.29. The van der Waals surface area contributed by atoms with E-state index in [4.69, 9.17) is 14.2 Å². The molecule has 0 bridgehead atoms. The lowest BCUT2D eigenvalue weighted by molar-refractivity contribution is -0.142. The molecule has 0 radical (unpaired) electrons. The third-order valence-electron chi connectivity index (χ3n) is 3.39. The predicted molar refractivity (Wildman–Crippen MR) is 91.2 cm³/mol. The highest BCUT2D eigenvalue weighted by Gasteiger charge is 2.37. The Kier molecular flexibility index (Phi) is 6.68. The zero-order valence-corrected chi connectivity index (χ0v) is 16.2. The molecule has 0 aromatic carbocycles. The summed E-state index contributed by atoms with van der Waals surface area (Å²) in [6, 6.07) is -0.524. The summed E-state index contributed by atoms with van der Waals surface area (Å²) in [6.07, 6.45) is -0.994. The van der Waals surface area contributed by atoms with E-state index in [1.54, 1.807) is 41.5 Å². The molecular formula is C17H30N2O6. The van der Waals surface area contributed by atoms with Crippen LogP contribution in [-0.4, -0.2) is 71.9 Å². The van der Waals surface area contributed by atoms with E-state index in [1.807, 2.05) is 0 Å². The number of carbonyl (C=O) groups excluding carboxylic acids is 3. The van der Waals surface area contributed by atoms with Crippen LogP contribution in [0.5, 0.6) is 0 Å². The van der Waals surface area contributed by atoms with Gasteiger partial charge < -0.3 is 24.0 Å². The van der Waals surface area contributed by atoms with E-state index in [0.29, 0.717) is 6.54 Å². The van der Waals surface area contributed by atoms with Gasteiger partial charge in [-0.25, -0.2) is 9.59 Å². The molecule has 8 nitrogen and oxygen atoms in total. The van der Waals surface area contributed by atoms with E-state index < -0.39 is 35.4 Å². The van der Waals surface area contributed by atoms with Crippen molar-refractivity contribution < 1.29 is 28.6 Å². The Hall–Kier alpha value is -1.99. The molecule has 0 aromatic rings. The number of amides is 2. The lowest BCUT2D eigenvalue weighted by Crippen LogP contribution is -2.58. The highest BCUT2D eigenvalue weighted by Crippen LogP contribution is 2.20. The fourth-order valence-electron chi connectivity index (χ4n) is 2.36. The Morgan fingerprint density at radius 3 is 1.92 bits per heavy atom. The minimum absolute atomic E-state index is 0.0188. The van der Waals surface area contributed by atoms with Gasteiger partial charge in [0, 0.05) is 19.6 Å². The van der Waals surface area contributed by atoms with Crippen molar-refractivity contribution in [3.05, 3.63) is 0 Å². The van der Waals surface area contributed by atoms with Gasteiger partial charge in [-0.05, 0) is 41.5 Å². The van der Waals surface area contributed by atoms with E-state index in [0.717, 1.165) is 0 Å². The number of esters is 1. The second-order valence-electron chi connectivity index (χ2n) is 8.03. The van der Waals surface area contributed by atoms with Gasteiger partial charge in [0.1, 0.15) is 11.2 Å². The standard InChI is InChI=1S/C17H30N2O6/c1-16(2,3)24-14(21)18-8-9-19(15(22)25-17(4,5)6)12(11-18)10-13(20)23-7/h12H,8-11H2,1-7H3. The molecule has 1 unspecified atom stereocenters. The largest absolute Gasteiger partial charge is 0.469 e. The quantitative estimate of drug-likeness (QED) is 0.557. The summed E-state index contributed by atoms with van der Waals surface area (Å²) in [5.41, 5.74) is -1.26. The van der Waals surface area contributed by atoms with E-state index in [-0.39, 0.29) is 19.5 Å². The molecule has 1 aliphatic heterocycles. The van der Waals surface area contributed by atoms with Crippen LogP contribution >= 0.6 is 0 Å². The molecule has 1 atom stereocenters. The highest BCUT2D eigenvalue weighted by molar-refractivity contribution is 5.74. The highest BCUT2D eigenvalue weighted by atomic mass is 16.6. The maximum Gasteiger partial charge on any atom is 0.410 e. The maximum atomic E-state index is 12.4. The zero-order chi connectivity index (χ0) is 19.4. The van der Waals surface area contributed by atoms with Crippen LogP contribution in [0.1, 0.15) is 48.0 Å². The topological polar surface area (TPSA) is 85.4 Å². The third kappa shape index (κ3) is 7.19. The fraction of sp³-hybridized carbons (Fsp3) is 0.824. The monoisotopic (exact) mass is 358 g/mol. The van der Waals surface area contributed by atoms with Gasteiger partial charge in [0.2, 0.25) is 0 Å². The Morgan fingerprint density at radius 1 is 0.920 bits per heavy atom. The molecule has 2 amide bonds. The van der Waals surface area contributed by atoms with Gasteiger partial charge in [-0.15, -0.1) is 0 Å². The van der Waals surface area contributed by atoms with Gasteiger partial charge >= 0.3 is 18.2 Å². The molecule has 0 aliphatic carbocycles. The number of carbonyl (C=O) groups is 3. The molecule has 1 heterocycles. The Morgan fingerprint density at radius 2 is 1.44 bits per heavy atom. The maximum absolute atomic E-state index is 12.4. The molecule has 1 aliphatic rings. The van der Waals surface area contributed by atoms with E-state index in [1.165, 1.54) is 16.9 Å². The van der Waals surface area contributed by atoms with E-state index >= 15 is 0 Å². The SMILES string of the molecule is COC(=O)CC1CN(C(=O)OC(C)(C)C)CCN1C(=O)OC(C)(C)C. The normalized spacial score (nSPS) is 18.6. The molecule has 0 aromatic heterocycles. The van der Waals surface area contributed by atoms with Gasteiger partial charge in [0.05, 0.1) is 19.6 Å². The van der Waals surface area contributed by atoms with Gasteiger partial charge in [-0.3, -0.25) is 4.79 Å². The van der Waals surface area contributed by atoms with Crippen molar-refractivity contribution >= 4 is 18.2 Å². The predicted octanol–water partition coefficient (Wildman–Crippen LogP) is 2.41. The molecule has 0 N–H and O–H groups in total. The minimum Gasteiger partial charge on any atom is -0.469 e. The van der Waals surface area contributed by atoms with Crippen LogP contribution in [-0.2, 0) is 19.0 Å². The van der Waals surface area contributed by atoms with Crippen LogP contribution in [0.25, 0.3) is 0 Å². The Bertz CT molecular complexity index is 506. The number of rotatable bonds is 2. The van der Waals surface area contributed by atoms with Crippen molar-refractivity contribution in [3.8, 4) is 0 Å². The molecule has 0 saturated carbocycles. The summed E-state index contributed by atoms with van der Waals surface area (Å²) < 4.78 is 15.5. The average molecular weight is 358 g/mol. The Balaban J connectivity index is 2.86.